The summed E-state index contributed by atoms with van der Waals surface area (Å²) in [7, 11) is 0. The minimum atomic E-state index is -0.307. The van der Waals surface area contributed by atoms with E-state index in [0.717, 1.165) is 43.5 Å². The first-order valence-corrected chi connectivity index (χ1v) is 10.2. The first-order valence-electron chi connectivity index (χ1n) is 10.2. The molecule has 0 saturated carbocycles. The van der Waals surface area contributed by atoms with E-state index < -0.39 is 0 Å². The van der Waals surface area contributed by atoms with Crippen molar-refractivity contribution < 1.29 is 9.53 Å². The largest absolute Gasteiger partial charge is 0.368 e. The number of hydrogen-bond acceptors (Lipinski definition) is 3. The summed E-state index contributed by atoms with van der Waals surface area (Å²) >= 11 is 0. The standard InChI is InChI=1S/C22H26N4O2/c1-3-17-14(2)19(25-24-17)21(27)26-11-9-22(10-12-26)20-16(8-13-28-22)15-6-4-5-7-18(15)23-20/h4-7,23H,3,8-13H2,1-2H3,(H,24,25). The van der Waals surface area contributed by atoms with E-state index in [2.05, 4.69) is 46.4 Å². The van der Waals surface area contributed by atoms with Crippen molar-refractivity contribution in [3.05, 3.63) is 52.5 Å². The number of amides is 1. The average molecular weight is 378 g/mol. The highest BCUT2D eigenvalue weighted by Gasteiger charge is 2.43. The number of rotatable bonds is 2. The number of H-pyrrole nitrogens is 2. The fourth-order valence-corrected chi connectivity index (χ4v) is 4.87. The van der Waals surface area contributed by atoms with E-state index in [-0.39, 0.29) is 11.5 Å². The van der Waals surface area contributed by atoms with Gasteiger partial charge in [0.15, 0.2) is 5.69 Å². The highest BCUT2D eigenvalue weighted by atomic mass is 16.5. The molecule has 4 heterocycles. The predicted octanol–water partition coefficient (Wildman–Crippen LogP) is 3.47. The molecule has 0 radical (unpaired) electrons. The summed E-state index contributed by atoms with van der Waals surface area (Å²) in [6.07, 6.45) is 3.41. The van der Waals surface area contributed by atoms with Gasteiger partial charge >= 0.3 is 0 Å². The van der Waals surface area contributed by atoms with Crippen LogP contribution in [0.2, 0.25) is 0 Å². The number of carbonyl (C=O) groups is 1. The molecular formula is C22H26N4O2. The van der Waals surface area contributed by atoms with Gasteiger partial charge in [0.1, 0.15) is 5.60 Å². The number of hydrogen-bond donors (Lipinski definition) is 2. The Morgan fingerprint density at radius 1 is 1.29 bits per heavy atom. The number of aromatic nitrogens is 3. The van der Waals surface area contributed by atoms with Crippen molar-refractivity contribution in [2.45, 2.75) is 45.1 Å². The number of piperidine rings is 1. The van der Waals surface area contributed by atoms with Gasteiger partial charge in [0.25, 0.3) is 5.91 Å². The maximum atomic E-state index is 13.0. The number of fused-ring (bicyclic) bond motifs is 4. The van der Waals surface area contributed by atoms with Crippen LogP contribution in [0.5, 0.6) is 0 Å². The summed E-state index contributed by atoms with van der Waals surface area (Å²) in [6.45, 7) is 6.14. The Morgan fingerprint density at radius 3 is 2.82 bits per heavy atom. The number of nitrogens with zero attached hydrogens (tertiary/aromatic N) is 2. The Kier molecular flexibility index (Phi) is 4.05. The zero-order valence-corrected chi connectivity index (χ0v) is 16.5. The molecule has 0 atom stereocenters. The van der Waals surface area contributed by atoms with Gasteiger partial charge in [0.2, 0.25) is 0 Å². The molecule has 2 aliphatic rings. The molecule has 3 aromatic rings. The highest BCUT2D eigenvalue weighted by Crippen LogP contribution is 2.43. The number of benzene rings is 1. The summed E-state index contributed by atoms with van der Waals surface area (Å²) in [5, 5.41) is 8.58. The Labute approximate surface area is 164 Å². The topological polar surface area (TPSA) is 74.0 Å². The van der Waals surface area contributed by atoms with Gasteiger partial charge in [-0.2, -0.15) is 5.10 Å². The lowest BCUT2D eigenvalue weighted by atomic mass is 9.83. The number of likely N-dealkylation sites (tertiary alicyclic amines) is 1. The number of para-hydroxylation sites is 1. The molecule has 6 nitrogen and oxygen atoms in total. The van der Waals surface area contributed by atoms with Gasteiger partial charge in [-0.15, -0.1) is 0 Å². The van der Waals surface area contributed by atoms with Crippen LogP contribution >= 0.6 is 0 Å². The molecule has 28 heavy (non-hydrogen) atoms. The molecule has 1 spiro atoms. The monoisotopic (exact) mass is 378 g/mol. The second-order valence-corrected chi connectivity index (χ2v) is 7.94. The second kappa shape index (κ2) is 6.48. The number of nitrogens with one attached hydrogen (secondary N) is 2. The molecule has 0 bridgehead atoms. The quantitative estimate of drug-likeness (QED) is 0.717. The van der Waals surface area contributed by atoms with Crippen LogP contribution in [0.1, 0.15) is 52.8 Å². The molecule has 0 unspecified atom stereocenters. The van der Waals surface area contributed by atoms with Crippen LogP contribution in [-0.4, -0.2) is 45.7 Å². The van der Waals surface area contributed by atoms with E-state index in [0.29, 0.717) is 18.8 Å². The van der Waals surface area contributed by atoms with Crippen LogP contribution in [0.4, 0.5) is 0 Å². The van der Waals surface area contributed by atoms with Crippen molar-refractivity contribution in [1.82, 2.24) is 20.1 Å². The van der Waals surface area contributed by atoms with E-state index in [1.165, 1.54) is 22.2 Å². The first-order chi connectivity index (χ1) is 13.6. The van der Waals surface area contributed by atoms with Crippen LogP contribution in [0.15, 0.2) is 24.3 Å². The fourth-order valence-electron chi connectivity index (χ4n) is 4.87. The van der Waals surface area contributed by atoms with Crippen molar-refractivity contribution in [2.75, 3.05) is 19.7 Å². The van der Waals surface area contributed by atoms with Crippen molar-refractivity contribution >= 4 is 16.8 Å². The van der Waals surface area contributed by atoms with Crippen molar-refractivity contribution in [3.8, 4) is 0 Å². The summed E-state index contributed by atoms with van der Waals surface area (Å²) in [5.41, 5.74) is 6.04. The Bertz CT molecular complexity index is 1040. The maximum Gasteiger partial charge on any atom is 0.274 e. The first kappa shape index (κ1) is 17.5. The molecule has 6 heteroatoms. The normalized spacial score (nSPS) is 18.6. The summed E-state index contributed by atoms with van der Waals surface area (Å²) in [6, 6.07) is 8.48. The third kappa shape index (κ3) is 2.51. The van der Waals surface area contributed by atoms with Crippen LogP contribution in [0.25, 0.3) is 10.9 Å². The average Bonchev–Trinajstić information content (AvgIpc) is 3.29. The lowest BCUT2D eigenvalue weighted by molar-refractivity contribution is -0.0957. The second-order valence-electron chi connectivity index (χ2n) is 7.94. The minimum absolute atomic E-state index is 0.0241. The number of ether oxygens (including phenoxy) is 1. The SMILES string of the molecule is CCc1[nH]nc(C(=O)N2CCC3(CC2)OCCc2c3[nH]c3ccccc23)c1C. The molecular weight excluding hydrogens is 352 g/mol. The van der Waals surface area contributed by atoms with E-state index in [9.17, 15) is 4.79 Å². The van der Waals surface area contributed by atoms with Crippen molar-refractivity contribution in [1.29, 1.82) is 0 Å². The van der Waals surface area contributed by atoms with Gasteiger partial charge in [-0.1, -0.05) is 25.1 Å². The van der Waals surface area contributed by atoms with E-state index in [1.807, 2.05) is 11.8 Å². The van der Waals surface area contributed by atoms with Gasteiger partial charge in [-0.05, 0) is 44.2 Å². The third-order valence-corrected chi connectivity index (χ3v) is 6.52. The van der Waals surface area contributed by atoms with Crippen molar-refractivity contribution in [3.63, 3.8) is 0 Å². The molecule has 1 aromatic carbocycles. The van der Waals surface area contributed by atoms with Gasteiger partial charge < -0.3 is 14.6 Å². The van der Waals surface area contributed by atoms with Crippen LogP contribution in [0, 0.1) is 6.92 Å². The molecule has 146 valence electrons. The zero-order chi connectivity index (χ0) is 19.3. The highest BCUT2D eigenvalue weighted by molar-refractivity contribution is 5.94. The molecule has 2 aromatic heterocycles. The van der Waals surface area contributed by atoms with Crippen LogP contribution in [-0.2, 0) is 23.2 Å². The predicted molar refractivity (Wildman–Crippen MR) is 107 cm³/mol. The van der Waals surface area contributed by atoms with E-state index >= 15 is 0 Å². The molecule has 5 rings (SSSR count). The number of aromatic amines is 2. The van der Waals surface area contributed by atoms with Gasteiger partial charge in [-0.25, -0.2) is 0 Å². The summed E-state index contributed by atoms with van der Waals surface area (Å²) < 4.78 is 6.35. The molecule has 1 fully saturated rings. The van der Waals surface area contributed by atoms with E-state index in [4.69, 9.17) is 4.74 Å². The fraction of sp³-hybridized carbons (Fsp3) is 0.455. The maximum absolute atomic E-state index is 13.0. The Morgan fingerprint density at radius 2 is 2.07 bits per heavy atom. The van der Waals surface area contributed by atoms with Gasteiger partial charge in [0.05, 0.1) is 12.3 Å². The molecule has 2 aliphatic heterocycles. The minimum Gasteiger partial charge on any atom is -0.368 e. The number of aryl methyl sites for hydroxylation is 1. The van der Waals surface area contributed by atoms with Gasteiger partial charge in [-0.3, -0.25) is 9.89 Å². The van der Waals surface area contributed by atoms with E-state index in [1.54, 1.807) is 0 Å². The summed E-state index contributed by atoms with van der Waals surface area (Å²) in [4.78, 5) is 18.6. The van der Waals surface area contributed by atoms with Crippen LogP contribution in [0.3, 0.4) is 0 Å². The molecule has 1 amide bonds. The van der Waals surface area contributed by atoms with Crippen LogP contribution < -0.4 is 0 Å². The van der Waals surface area contributed by atoms with Gasteiger partial charge in [0, 0.05) is 35.2 Å². The third-order valence-electron chi connectivity index (χ3n) is 6.52. The molecule has 2 N–H and O–H groups in total. The zero-order valence-electron chi connectivity index (χ0n) is 16.5. The Balaban J connectivity index is 1.40. The lowest BCUT2D eigenvalue weighted by Crippen LogP contribution is -2.48. The summed E-state index contributed by atoms with van der Waals surface area (Å²) in [5.74, 6) is 0.0241. The smallest absolute Gasteiger partial charge is 0.274 e. The van der Waals surface area contributed by atoms with Crippen molar-refractivity contribution in [2.24, 2.45) is 0 Å². The lowest BCUT2D eigenvalue weighted by Gasteiger charge is -2.43. The molecule has 0 aliphatic carbocycles. The number of carbonyl (C=O) groups excluding carboxylic acids is 1. The molecule has 1 saturated heterocycles. The Hall–Kier alpha value is -2.60.